The summed E-state index contributed by atoms with van der Waals surface area (Å²) >= 11 is 1.44. The SMILES string of the molecule is O=C1NC(=NC2CCN(Cc3ccccc3)CC2)S/C1=C/c1ccc(N2CCC(NCC(O)COc3ccc(O)cc3)CC2)cc1. The monoisotopic (exact) mass is 641 g/mol. The fourth-order valence-corrected chi connectivity index (χ4v) is 6.97. The molecule has 9 nitrogen and oxygen atoms in total. The van der Waals surface area contributed by atoms with Gasteiger partial charge in [-0.25, -0.2) is 0 Å². The van der Waals surface area contributed by atoms with Gasteiger partial charge in [0.15, 0.2) is 5.17 Å². The van der Waals surface area contributed by atoms with Gasteiger partial charge in [-0.15, -0.1) is 0 Å². The molecule has 3 aromatic carbocycles. The van der Waals surface area contributed by atoms with E-state index in [0.29, 0.717) is 28.4 Å². The van der Waals surface area contributed by atoms with E-state index in [-0.39, 0.29) is 24.3 Å². The van der Waals surface area contributed by atoms with Gasteiger partial charge < -0.3 is 30.5 Å². The highest BCUT2D eigenvalue weighted by atomic mass is 32.2. The lowest BCUT2D eigenvalue weighted by Crippen LogP contribution is -2.45. The van der Waals surface area contributed by atoms with Crippen molar-refractivity contribution in [3.05, 3.63) is 94.9 Å². The summed E-state index contributed by atoms with van der Waals surface area (Å²) < 4.78 is 5.61. The summed E-state index contributed by atoms with van der Waals surface area (Å²) in [4.78, 5) is 23.1. The zero-order valence-corrected chi connectivity index (χ0v) is 26.9. The van der Waals surface area contributed by atoms with E-state index in [1.165, 1.54) is 23.0 Å². The van der Waals surface area contributed by atoms with Gasteiger partial charge in [0.25, 0.3) is 5.91 Å². The van der Waals surface area contributed by atoms with Crippen LogP contribution in [0.25, 0.3) is 6.08 Å². The number of aromatic hydroxyl groups is 1. The number of nitrogens with one attached hydrogen (secondary N) is 2. The van der Waals surface area contributed by atoms with E-state index in [4.69, 9.17) is 9.73 Å². The Morgan fingerprint density at radius 2 is 1.67 bits per heavy atom. The van der Waals surface area contributed by atoms with Crippen LogP contribution in [0.5, 0.6) is 11.5 Å². The van der Waals surface area contributed by atoms with Gasteiger partial charge in [-0.2, -0.15) is 0 Å². The predicted octanol–water partition coefficient (Wildman–Crippen LogP) is 4.62. The number of amidine groups is 1. The molecule has 3 aliphatic heterocycles. The Balaban J connectivity index is 0.916. The molecule has 0 aliphatic carbocycles. The van der Waals surface area contributed by atoms with E-state index in [2.05, 4.69) is 75.0 Å². The fourth-order valence-electron chi connectivity index (χ4n) is 6.07. The summed E-state index contributed by atoms with van der Waals surface area (Å²) in [5.74, 6) is 0.728. The van der Waals surface area contributed by atoms with E-state index < -0.39 is 6.10 Å². The van der Waals surface area contributed by atoms with E-state index >= 15 is 0 Å². The molecule has 4 N–H and O–H groups in total. The van der Waals surface area contributed by atoms with Crippen molar-refractivity contribution in [3.63, 3.8) is 0 Å². The number of rotatable bonds is 11. The minimum atomic E-state index is -0.612. The maximum atomic E-state index is 12.7. The molecule has 0 saturated carbocycles. The number of amides is 1. The van der Waals surface area contributed by atoms with Gasteiger partial charge in [-0.05, 0) is 91.0 Å². The number of nitrogens with zero attached hydrogens (tertiary/aromatic N) is 3. The molecule has 1 atom stereocenters. The van der Waals surface area contributed by atoms with Crippen molar-refractivity contribution in [1.29, 1.82) is 0 Å². The summed E-state index contributed by atoms with van der Waals surface area (Å²) in [6.45, 7) is 5.53. The number of carbonyl (C=O) groups is 1. The standard InChI is InChI=1S/C36H43N5O4S/c42-31-10-12-33(13-11-31)45-25-32(43)23-37-28-16-20-41(21-17-28)30-8-6-26(7-9-30)22-34-35(44)39-36(46-34)38-29-14-18-40(19-15-29)24-27-4-2-1-3-5-27/h1-13,22,28-29,32,37,42-43H,14-21,23-25H2,(H,38,39,44)/b34-22+. The number of aliphatic imine (C=N–C) groups is 1. The highest BCUT2D eigenvalue weighted by Gasteiger charge is 2.26. The smallest absolute Gasteiger partial charge is 0.264 e. The first-order valence-corrected chi connectivity index (χ1v) is 17.0. The van der Waals surface area contributed by atoms with Gasteiger partial charge in [-0.3, -0.25) is 14.7 Å². The number of phenols is 1. The number of anilines is 1. The number of aliphatic hydroxyl groups is 1. The van der Waals surface area contributed by atoms with Crippen LogP contribution in [0, 0.1) is 0 Å². The Kier molecular flexibility index (Phi) is 10.9. The highest BCUT2D eigenvalue weighted by Crippen LogP contribution is 2.29. The van der Waals surface area contributed by atoms with E-state index in [9.17, 15) is 15.0 Å². The number of thioether (sulfide) groups is 1. The summed E-state index contributed by atoms with van der Waals surface area (Å²) in [5.41, 5.74) is 3.51. The Morgan fingerprint density at radius 1 is 0.957 bits per heavy atom. The van der Waals surface area contributed by atoms with Crippen molar-refractivity contribution in [2.45, 2.75) is 50.4 Å². The van der Waals surface area contributed by atoms with Crippen LogP contribution < -0.4 is 20.3 Å². The minimum absolute atomic E-state index is 0.0825. The van der Waals surface area contributed by atoms with Gasteiger partial charge in [0.1, 0.15) is 24.2 Å². The number of piperidine rings is 2. The van der Waals surface area contributed by atoms with Crippen molar-refractivity contribution in [2.24, 2.45) is 4.99 Å². The normalized spacial score (nSPS) is 20.7. The quantitative estimate of drug-likeness (QED) is 0.225. The molecule has 1 unspecified atom stereocenters. The Hall–Kier alpha value is -3.83. The van der Waals surface area contributed by atoms with Gasteiger partial charge in [-0.1, -0.05) is 42.5 Å². The molecule has 0 spiro atoms. The molecule has 10 heteroatoms. The molecule has 0 aromatic heterocycles. The maximum Gasteiger partial charge on any atom is 0.264 e. The fraction of sp³-hybridized carbons (Fsp3) is 0.389. The lowest BCUT2D eigenvalue weighted by molar-refractivity contribution is -0.115. The molecular weight excluding hydrogens is 598 g/mol. The number of ether oxygens (including phenoxy) is 1. The van der Waals surface area contributed by atoms with Crippen LogP contribution >= 0.6 is 11.8 Å². The number of hydrogen-bond donors (Lipinski definition) is 4. The van der Waals surface area contributed by atoms with Crippen LogP contribution in [0.15, 0.2) is 88.8 Å². The lowest BCUT2D eigenvalue weighted by Gasteiger charge is -2.34. The number of carbonyl (C=O) groups excluding carboxylic acids is 1. The highest BCUT2D eigenvalue weighted by molar-refractivity contribution is 8.18. The first-order valence-electron chi connectivity index (χ1n) is 16.2. The Bertz CT molecular complexity index is 1480. The molecule has 0 radical (unpaired) electrons. The number of hydrogen-bond acceptors (Lipinski definition) is 9. The average molecular weight is 642 g/mol. The largest absolute Gasteiger partial charge is 0.508 e. The van der Waals surface area contributed by atoms with Gasteiger partial charge in [0.05, 0.1) is 10.9 Å². The molecule has 3 fully saturated rings. The molecule has 46 heavy (non-hydrogen) atoms. The number of aliphatic hydroxyl groups excluding tert-OH is 1. The summed E-state index contributed by atoms with van der Waals surface area (Å²) in [7, 11) is 0. The molecule has 3 heterocycles. The van der Waals surface area contributed by atoms with Crippen LogP contribution in [0.3, 0.4) is 0 Å². The Morgan fingerprint density at radius 3 is 2.39 bits per heavy atom. The molecule has 1 amide bonds. The van der Waals surface area contributed by atoms with Crippen LogP contribution in [0.1, 0.15) is 36.8 Å². The summed E-state index contributed by atoms with van der Waals surface area (Å²) in [6.07, 6.45) is 5.31. The third-order valence-electron chi connectivity index (χ3n) is 8.73. The second-order valence-electron chi connectivity index (χ2n) is 12.2. The van der Waals surface area contributed by atoms with E-state index in [1.54, 1.807) is 24.3 Å². The van der Waals surface area contributed by atoms with E-state index in [0.717, 1.165) is 64.0 Å². The second-order valence-corrected chi connectivity index (χ2v) is 13.2. The first kappa shape index (κ1) is 32.1. The zero-order chi connectivity index (χ0) is 31.7. The van der Waals surface area contributed by atoms with Gasteiger partial charge in [0.2, 0.25) is 0 Å². The lowest BCUT2D eigenvalue weighted by atomic mass is 10.0. The van der Waals surface area contributed by atoms with Crippen LogP contribution in [0.4, 0.5) is 5.69 Å². The number of benzene rings is 3. The van der Waals surface area contributed by atoms with Crippen molar-refractivity contribution in [1.82, 2.24) is 15.5 Å². The van der Waals surface area contributed by atoms with E-state index in [1.807, 2.05) is 6.08 Å². The number of phenolic OH excluding ortho intramolecular Hbond substituents is 1. The Labute approximate surface area is 275 Å². The molecule has 0 bridgehead atoms. The summed E-state index contributed by atoms with van der Waals surface area (Å²) in [5, 5.41) is 26.9. The minimum Gasteiger partial charge on any atom is -0.508 e. The zero-order valence-electron chi connectivity index (χ0n) is 26.1. The average Bonchev–Trinajstić information content (AvgIpc) is 3.43. The second kappa shape index (κ2) is 15.6. The van der Waals surface area contributed by atoms with Crippen molar-refractivity contribution in [3.8, 4) is 11.5 Å². The van der Waals surface area contributed by atoms with Crippen molar-refractivity contribution < 1.29 is 19.7 Å². The van der Waals surface area contributed by atoms with Crippen molar-refractivity contribution >= 4 is 34.6 Å². The first-order chi connectivity index (χ1) is 22.5. The summed E-state index contributed by atoms with van der Waals surface area (Å²) in [6, 6.07) is 26.1. The molecule has 3 aromatic rings. The third-order valence-corrected chi connectivity index (χ3v) is 9.65. The molecule has 242 valence electrons. The predicted molar refractivity (Wildman–Crippen MR) is 185 cm³/mol. The number of likely N-dealkylation sites (tertiary alicyclic amines) is 1. The van der Waals surface area contributed by atoms with Gasteiger partial charge in [0, 0.05) is 51.0 Å². The van der Waals surface area contributed by atoms with Crippen LogP contribution in [-0.2, 0) is 11.3 Å². The van der Waals surface area contributed by atoms with Crippen molar-refractivity contribution in [2.75, 3.05) is 44.2 Å². The molecule has 3 saturated heterocycles. The molecular formula is C36H43N5O4S. The maximum absolute atomic E-state index is 12.7. The van der Waals surface area contributed by atoms with Crippen LogP contribution in [-0.4, -0.2) is 83.7 Å². The molecule has 3 aliphatic rings. The molecule has 6 rings (SSSR count). The van der Waals surface area contributed by atoms with Crippen LogP contribution in [0.2, 0.25) is 0 Å². The van der Waals surface area contributed by atoms with Gasteiger partial charge >= 0.3 is 0 Å². The topological polar surface area (TPSA) is 110 Å². The third kappa shape index (κ3) is 9.13.